The van der Waals surface area contributed by atoms with E-state index in [9.17, 15) is 9.59 Å². The minimum absolute atomic E-state index is 0.336. The Kier molecular flexibility index (Phi) is 8.86. The Morgan fingerprint density at radius 3 is 2.15 bits per heavy atom. The maximum atomic E-state index is 11.5. The number of allylic oxidation sites excluding steroid dienone is 3. The van der Waals surface area contributed by atoms with E-state index in [1.54, 1.807) is 0 Å². The van der Waals surface area contributed by atoms with E-state index in [2.05, 4.69) is 24.7 Å². The SMILES string of the molecule is CC.COC(=O)/C=C(C)/C=C/C1C(C)CC(=O)CC1C. The second-order valence-corrected chi connectivity index (χ2v) is 5.25. The predicted molar refractivity (Wildman–Crippen MR) is 82.3 cm³/mol. The summed E-state index contributed by atoms with van der Waals surface area (Å²) in [4.78, 5) is 22.5. The molecule has 114 valence electrons. The fourth-order valence-electron chi connectivity index (χ4n) is 2.57. The molecule has 1 fully saturated rings. The van der Waals surface area contributed by atoms with Gasteiger partial charge in [-0.3, -0.25) is 4.79 Å². The quantitative estimate of drug-likeness (QED) is 0.447. The molecule has 0 aromatic carbocycles. The van der Waals surface area contributed by atoms with Crippen molar-refractivity contribution >= 4 is 11.8 Å². The topological polar surface area (TPSA) is 43.4 Å². The third-order valence-corrected chi connectivity index (χ3v) is 3.54. The van der Waals surface area contributed by atoms with Gasteiger partial charge in [-0.05, 0) is 30.3 Å². The van der Waals surface area contributed by atoms with E-state index in [0.717, 1.165) is 5.57 Å². The molecule has 1 aliphatic rings. The first-order chi connectivity index (χ1) is 9.43. The Bertz CT molecular complexity index is 366. The molecule has 0 amide bonds. The second-order valence-electron chi connectivity index (χ2n) is 5.25. The molecule has 0 radical (unpaired) electrons. The Hall–Kier alpha value is -1.38. The third-order valence-electron chi connectivity index (χ3n) is 3.54. The minimum Gasteiger partial charge on any atom is -0.466 e. The van der Waals surface area contributed by atoms with Gasteiger partial charge >= 0.3 is 5.97 Å². The maximum absolute atomic E-state index is 11.5. The number of rotatable bonds is 3. The minimum atomic E-state index is -0.336. The average molecular weight is 280 g/mol. The van der Waals surface area contributed by atoms with Crippen molar-refractivity contribution in [1.82, 2.24) is 0 Å². The van der Waals surface area contributed by atoms with Crippen LogP contribution in [0.2, 0.25) is 0 Å². The van der Waals surface area contributed by atoms with E-state index < -0.39 is 0 Å². The van der Waals surface area contributed by atoms with Gasteiger partial charge in [0.15, 0.2) is 0 Å². The number of Topliss-reactive ketones (excluding diaryl/α,β-unsaturated/α-hetero) is 1. The largest absolute Gasteiger partial charge is 0.466 e. The molecule has 0 heterocycles. The molecule has 1 saturated carbocycles. The molecule has 0 aromatic heterocycles. The molecule has 3 nitrogen and oxygen atoms in total. The molecule has 2 unspecified atom stereocenters. The first-order valence-electron chi connectivity index (χ1n) is 7.40. The summed E-state index contributed by atoms with van der Waals surface area (Å²) in [5.41, 5.74) is 0.873. The van der Waals surface area contributed by atoms with Crippen LogP contribution in [0.15, 0.2) is 23.8 Å². The summed E-state index contributed by atoms with van der Waals surface area (Å²) in [5.74, 6) is 1.19. The number of hydrogen-bond donors (Lipinski definition) is 0. The Morgan fingerprint density at radius 1 is 1.20 bits per heavy atom. The van der Waals surface area contributed by atoms with E-state index in [4.69, 9.17) is 0 Å². The number of methoxy groups -OCH3 is 1. The number of hydrogen-bond acceptors (Lipinski definition) is 3. The van der Waals surface area contributed by atoms with Gasteiger partial charge in [-0.15, -0.1) is 0 Å². The van der Waals surface area contributed by atoms with Crippen LogP contribution in [0.4, 0.5) is 0 Å². The monoisotopic (exact) mass is 280 g/mol. The first-order valence-corrected chi connectivity index (χ1v) is 7.40. The number of ether oxygens (including phenoxy) is 1. The Labute approximate surface area is 123 Å². The van der Waals surface area contributed by atoms with E-state index in [0.29, 0.717) is 36.4 Å². The van der Waals surface area contributed by atoms with Gasteiger partial charge in [0, 0.05) is 18.9 Å². The highest BCUT2D eigenvalue weighted by Crippen LogP contribution is 2.33. The summed E-state index contributed by atoms with van der Waals surface area (Å²) < 4.78 is 4.58. The molecule has 2 atom stereocenters. The molecule has 0 N–H and O–H groups in total. The summed E-state index contributed by atoms with van der Waals surface area (Å²) in [6, 6.07) is 0. The normalized spacial score (nSPS) is 27.0. The van der Waals surface area contributed by atoms with Gasteiger partial charge in [0.2, 0.25) is 0 Å². The lowest BCUT2D eigenvalue weighted by Crippen LogP contribution is -2.28. The Morgan fingerprint density at radius 2 is 1.70 bits per heavy atom. The third kappa shape index (κ3) is 6.18. The fraction of sp³-hybridized carbons (Fsp3) is 0.647. The molecule has 0 aliphatic heterocycles. The highest BCUT2D eigenvalue weighted by Gasteiger charge is 2.29. The van der Waals surface area contributed by atoms with Crippen LogP contribution in [-0.2, 0) is 14.3 Å². The van der Waals surface area contributed by atoms with Gasteiger partial charge in [0.25, 0.3) is 0 Å². The van der Waals surface area contributed by atoms with Crippen molar-refractivity contribution in [2.24, 2.45) is 17.8 Å². The molecule has 0 saturated heterocycles. The van der Waals surface area contributed by atoms with E-state index >= 15 is 0 Å². The average Bonchev–Trinajstić information content (AvgIpc) is 2.39. The summed E-state index contributed by atoms with van der Waals surface area (Å²) in [5, 5.41) is 0. The summed E-state index contributed by atoms with van der Waals surface area (Å²) in [6.45, 7) is 10.1. The van der Waals surface area contributed by atoms with Crippen LogP contribution < -0.4 is 0 Å². The molecule has 1 rings (SSSR count). The van der Waals surface area contributed by atoms with Crippen molar-refractivity contribution in [3.8, 4) is 0 Å². The highest BCUT2D eigenvalue weighted by molar-refractivity contribution is 5.83. The van der Waals surface area contributed by atoms with Crippen LogP contribution in [0.3, 0.4) is 0 Å². The molecule has 3 heteroatoms. The summed E-state index contributed by atoms with van der Waals surface area (Å²) in [7, 11) is 1.37. The first kappa shape index (κ1) is 18.6. The molecule has 0 aromatic rings. The van der Waals surface area contributed by atoms with Crippen molar-refractivity contribution in [3.05, 3.63) is 23.8 Å². The molecule has 20 heavy (non-hydrogen) atoms. The lowest BCUT2D eigenvalue weighted by atomic mass is 9.73. The number of carbonyl (C=O) groups excluding carboxylic acids is 2. The summed E-state index contributed by atoms with van der Waals surface area (Å²) in [6.07, 6.45) is 6.87. The smallest absolute Gasteiger partial charge is 0.330 e. The van der Waals surface area contributed by atoms with E-state index in [-0.39, 0.29) is 5.97 Å². The number of esters is 1. The Balaban J connectivity index is 0.00000172. The van der Waals surface area contributed by atoms with Crippen molar-refractivity contribution in [2.45, 2.75) is 47.5 Å². The van der Waals surface area contributed by atoms with Crippen LogP contribution in [0.5, 0.6) is 0 Å². The zero-order valence-corrected chi connectivity index (χ0v) is 13.6. The lowest BCUT2D eigenvalue weighted by molar-refractivity contribution is -0.134. The highest BCUT2D eigenvalue weighted by atomic mass is 16.5. The van der Waals surface area contributed by atoms with Crippen molar-refractivity contribution in [3.63, 3.8) is 0 Å². The molecular weight excluding hydrogens is 252 g/mol. The molecule has 0 bridgehead atoms. The fourth-order valence-corrected chi connectivity index (χ4v) is 2.57. The van der Waals surface area contributed by atoms with Gasteiger partial charge in [-0.25, -0.2) is 4.79 Å². The van der Waals surface area contributed by atoms with Crippen LogP contribution in [-0.4, -0.2) is 18.9 Å². The second kappa shape index (κ2) is 9.51. The van der Waals surface area contributed by atoms with Gasteiger partial charge in [0.05, 0.1) is 7.11 Å². The summed E-state index contributed by atoms with van der Waals surface area (Å²) >= 11 is 0. The standard InChI is InChI=1S/C15H22O3.C2H6/c1-10(7-15(17)18-4)5-6-14-11(2)8-13(16)9-12(14)3;1-2/h5-7,11-12,14H,8-9H2,1-4H3;1-2H3/b6-5+,10-7+;. The lowest BCUT2D eigenvalue weighted by Gasteiger charge is -2.31. The van der Waals surface area contributed by atoms with Crippen LogP contribution in [0.1, 0.15) is 47.5 Å². The number of carbonyl (C=O) groups is 2. The molecule has 1 aliphatic carbocycles. The van der Waals surface area contributed by atoms with Crippen LogP contribution in [0, 0.1) is 17.8 Å². The van der Waals surface area contributed by atoms with Gasteiger partial charge in [0.1, 0.15) is 5.78 Å². The zero-order chi connectivity index (χ0) is 15.7. The molecular formula is C17H28O3. The van der Waals surface area contributed by atoms with E-state index in [1.165, 1.54) is 13.2 Å². The van der Waals surface area contributed by atoms with Crippen molar-refractivity contribution in [1.29, 1.82) is 0 Å². The van der Waals surface area contributed by atoms with Crippen molar-refractivity contribution in [2.75, 3.05) is 7.11 Å². The van der Waals surface area contributed by atoms with E-state index in [1.807, 2.05) is 26.8 Å². The van der Waals surface area contributed by atoms with Gasteiger partial charge in [-0.2, -0.15) is 0 Å². The van der Waals surface area contributed by atoms with Gasteiger partial charge < -0.3 is 4.74 Å². The van der Waals surface area contributed by atoms with Crippen molar-refractivity contribution < 1.29 is 14.3 Å². The maximum Gasteiger partial charge on any atom is 0.330 e. The van der Waals surface area contributed by atoms with Gasteiger partial charge in [-0.1, -0.05) is 39.8 Å². The predicted octanol–water partition coefficient (Wildman–Crippen LogP) is 3.94. The zero-order valence-electron chi connectivity index (χ0n) is 13.6. The number of ketones is 1. The molecule has 0 spiro atoms. The van der Waals surface area contributed by atoms with Crippen LogP contribution in [0.25, 0.3) is 0 Å². The van der Waals surface area contributed by atoms with Crippen LogP contribution >= 0.6 is 0 Å².